The van der Waals surface area contributed by atoms with Crippen LogP contribution in [0.15, 0.2) is 6.33 Å². The van der Waals surface area contributed by atoms with E-state index in [-0.39, 0.29) is 0 Å². The number of hydrogen-bond acceptors (Lipinski definition) is 5. The topological polar surface area (TPSA) is 75.9 Å². The minimum atomic E-state index is -0.928. The molecule has 0 saturated heterocycles. The van der Waals surface area contributed by atoms with Crippen LogP contribution in [0.2, 0.25) is 0 Å². The number of aromatic nitrogens is 4. The first-order valence-electron chi connectivity index (χ1n) is 10.7. The van der Waals surface area contributed by atoms with E-state index in [4.69, 9.17) is 0 Å². The van der Waals surface area contributed by atoms with Crippen LogP contribution in [0.4, 0.5) is 5.82 Å². The third kappa shape index (κ3) is 4.64. The molecule has 2 N–H and O–H groups in total. The fourth-order valence-corrected chi connectivity index (χ4v) is 4.00. The van der Waals surface area contributed by atoms with E-state index in [0.717, 1.165) is 68.5 Å². The van der Waals surface area contributed by atoms with Gasteiger partial charge in [-0.25, -0.2) is 15.0 Å². The van der Waals surface area contributed by atoms with Crippen LogP contribution in [0.3, 0.4) is 0 Å². The second-order valence-electron chi connectivity index (χ2n) is 8.15. The summed E-state index contributed by atoms with van der Waals surface area (Å²) in [6.45, 7) is 9.49. The lowest BCUT2D eigenvalue weighted by Crippen LogP contribution is -2.32. The van der Waals surface area contributed by atoms with Crippen LogP contribution >= 0.6 is 0 Å². The molecule has 0 spiro atoms. The number of hydrogen-bond donors (Lipinski definition) is 2. The number of nitrogens with zero attached hydrogens (tertiary/aromatic N) is 4. The zero-order chi connectivity index (χ0) is 20.1. The predicted octanol–water partition coefficient (Wildman–Crippen LogP) is 4.13. The number of nitrogens with one attached hydrogen (secondary N) is 1. The number of aliphatic hydroxyl groups is 1. The number of aryl methyl sites for hydroxylation is 1. The third-order valence-electron chi connectivity index (χ3n) is 5.64. The molecule has 28 heavy (non-hydrogen) atoms. The molecule has 1 fully saturated rings. The van der Waals surface area contributed by atoms with Gasteiger partial charge in [0.1, 0.15) is 5.60 Å². The minimum Gasteiger partial charge on any atom is -0.378 e. The first-order chi connectivity index (χ1) is 13.5. The van der Waals surface area contributed by atoms with Crippen molar-refractivity contribution in [2.75, 3.05) is 5.32 Å². The maximum atomic E-state index is 10.8. The second kappa shape index (κ2) is 8.91. The highest BCUT2D eigenvalue weighted by Gasteiger charge is 2.30. The molecule has 2 atom stereocenters. The molecular weight excluding hydrogens is 350 g/mol. The van der Waals surface area contributed by atoms with Crippen LogP contribution in [-0.4, -0.2) is 36.3 Å². The summed E-state index contributed by atoms with van der Waals surface area (Å²) in [5.74, 6) is 7.84. The fourth-order valence-electron chi connectivity index (χ4n) is 4.00. The summed E-state index contributed by atoms with van der Waals surface area (Å²) in [7, 11) is 0. The van der Waals surface area contributed by atoms with E-state index < -0.39 is 5.60 Å². The Morgan fingerprint density at radius 1 is 1.32 bits per heavy atom. The van der Waals surface area contributed by atoms with Crippen molar-refractivity contribution < 1.29 is 5.11 Å². The minimum absolute atomic E-state index is 0.332. The molecule has 2 aromatic heterocycles. The van der Waals surface area contributed by atoms with E-state index in [1.54, 1.807) is 0 Å². The van der Waals surface area contributed by atoms with E-state index in [2.05, 4.69) is 64.4 Å². The van der Waals surface area contributed by atoms with E-state index in [9.17, 15) is 5.11 Å². The molecule has 6 nitrogen and oxygen atoms in total. The molecule has 1 saturated carbocycles. The van der Waals surface area contributed by atoms with Crippen LogP contribution in [-0.2, 0) is 6.54 Å². The Kier molecular flexibility index (Phi) is 6.56. The highest BCUT2D eigenvalue weighted by atomic mass is 16.3. The lowest BCUT2D eigenvalue weighted by atomic mass is 9.79. The standard InChI is InChI=1S/C22H33N5O/c1-5-13-27-15-23-19-20(24-17(6-2)7-3)25-18(26-21(19)27)10-12-22(28)11-8-9-16(4)14-22/h15-17,28H,5-9,11,13-14H2,1-4H3,(H,24,25,26)/t16-,22-/m1/s1. The van der Waals surface area contributed by atoms with Crippen LogP contribution in [0.25, 0.3) is 11.2 Å². The van der Waals surface area contributed by atoms with Gasteiger partial charge in [-0.05, 0) is 50.4 Å². The Balaban J connectivity index is 2.00. The number of imidazole rings is 1. The van der Waals surface area contributed by atoms with Crippen LogP contribution in [0, 0.1) is 17.8 Å². The van der Waals surface area contributed by atoms with Crippen molar-refractivity contribution in [3.8, 4) is 11.8 Å². The van der Waals surface area contributed by atoms with Crippen molar-refractivity contribution in [2.24, 2.45) is 5.92 Å². The van der Waals surface area contributed by atoms with Gasteiger partial charge in [0, 0.05) is 12.6 Å². The third-order valence-corrected chi connectivity index (χ3v) is 5.64. The van der Waals surface area contributed by atoms with Gasteiger partial charge in [0.2, 0.25) is 5.82 Å². The predicted molar refractivity (Wildman–Crippen MR) is 113 cm³/mol. The zero-order valence-corrected chi connectivity index (χ0v) is 17.6. The molecule has 152 valence electrons. The molecule has 0 aromatic carbocycles. The Hall–Kier alpha value is -2.13. The Morgan fingerprint density at radius 2 is 2.11 bits per heavy atom. The van der Waals surface area contributed by atoms with Crippen molar-refractivity contribution in [1.82, 2.24) is 19.5 Å². The van der Waals surface area contributed by atoms with Gasteiger partial charge >= 0.3 is 0 Å². The van der Waals surface area contributed by atoms with E-state index in [0.29, 0.717) is 17.8 Å². The van der Waals surface area contributed by atoms with Gasteiger partial charge in [-0.15, -0.1) is 0 Å². The maximum absolute atomic E-state index is 10.8. The molecular formula is C22H33N5O. The summed E-state index contributed by atoms with van der Waals surface area (Å²) in [6, 6.07) is 0.332. The highest BCUT2D eigenvalue weighted by Crippen LogP contribution is 2.31. The second-order valence-corrected chi connectivity index (χ2v) is 8.15. The van der Waals surface area contributed by atoms with E-state index in [1.807, 2.05) is 6.33 Å². The lowest BCUT2D eigenvalue weighted by molar-refractivity contribution is 0.0410. The largest absolute Gasteiger partial charge is 0.378 e. The number of rotatable bonds is 6. The Bertz CT molecular complexity index is 861. The highest BCUT2D eigenvalue weighted by molar-refractivity contribution is 5.83. The van der Waals surface area contributed by atoms with Crippen molar-refractivity contribution in [2.45, 2.75) is 90.8 Å². The van der Waals surface area contributed by atoms with Crippen molar-refractivity contribution in [3.63, 3.8) is 0 Å². The normalized spacial score (nSPS) is 22.3. The van der Waals surface area contributed by atoms with Gasteiger partial charge in [-0.1, -0.05) is 40.0 Å². The van der Waals surface area contributed by atoms with Gasteiger partial charge in [0.25, 0.3) is 0 Å². The molecule has 0 unspecified atom stereocenters. The molecule has 2 heterocycles. The van der Waals surface area contributed by atoms with Crippen molar-refractivity contribution in [3.05, 3.63) is 12.2 Å². The fraction of sp³-hybridized carbons (Fsp3) is 0.682. The van der Waals surface area contributed by atoms with Gasteiger partial charge < -0.3 is 15.0 Å². The SMILES string of the molecule is CCCn1cnc2c(NC(CC)CC)nc(C#C[C@]3(O)CCC[C@@H](C)C3)nc21. The summed E-state index contributed by atoms with van der Waals surface area (Å²) in [4.78, 5) is 13.9. The van der Waals surface area contributed by atoms with Gasteiger partial charge in [-0.3, -0.25) is 0 Å². The van der Waals surface area contributed by atoms with Crippen molar-refractivity contribution in [1.29, 1.82) is 0 Å². The average molecular weight is 384 g/mol. The first-order valence-corrected chi connectivity index (χ1v) is 10.7. The molecule has 0 amide bonds. The molecule has 1 aliphatic rings. The molecule has 0 bridgehead atoms. The zero-order valence-electron chi connectivity index (χ0n) is 17.6. The summed E-state index contributed by atoms with van der Waals surface area (Å²) in [6.07, 6.45) is 8.46. The van der Waals surface area contributed by atoms with Gasteiger partial charge in [0.15, 0.2) is 17.0 Å². The number of fused-ring (bicyclic) bond motifs is 1. The van der Waals surface area contributed by atoms with Crippen LogP contribution < -0.4 is 5.32 Å². The molecule has 2 aromatic rings. The molecule has 3 rings (SSSR count). The Labute approximate surface area is 168 Å². The van der Waals surface area contributed by atoms with Crippen LogP contribution in [0.5, 0.6) is 0 Å². The van der Waals surface area contributed by atoms with Gasteiger partial charge in [-0.2, -0.15) is 0 Å². The average Bonchev–Trinajstić information content (AvgIpc) is 3.08. The summed E-state index contributed by atoms with van der Waals surface area (Å²) >= 11 is 0. The smallest absolute Gasteiger partial charge is 0.209 e. The van der Waals surface area contributed by atoms with Crippen LogP contribution in [0.1, 0.15) is 78.5 Å². The van der Waals surface area contributed by atoms with Crippen molar-refractivity contribution >= 4 is 17.0 Å². The van der Waals surface area contributed by atoms with E-state index >= 15 is 0 Å². The molecule has 6 heteroatoms. The summed E-state index contributed by atoms with van der Waals surface area (Å²) < 4.78 is 2.05. The first kappa shape index (κ1) is 20.6. The monoisotopic (exact) mass is 383 g/mol. The summed E-state index contributed by atoms with van der Waals surface area (Å²) in [5, 5.41) is 14.4. The molecule has 0 aliphatic heterocycles. The maximum Gasteiger partial charge on any atom is 0.209 e. The number of anilines is 1. The van der Waals surface area contributed by atoms with Gasteiger partial charge in [0.05, 0.1) is 6.33 Å². The quantitative estimate of drug-likeness (QED) is 0.734. The Morgan fingerprint density at radius 3 is 2.79 bits per heavy atom. The summed E-state index contributed by atoms with van der Waals surface area (Å²) in [5.41, 5.74) is 0.664. The van der Waals surface area contributed by atoms with E-state index in [1.165, 1.54) is 0 Å². The molecule has 0 radical (unpaired) electrons. The molecule has 1 aliphatic carbocycles. The lowest BCUT2D eigenvalue weighted by Gasteiger charge is -2.30.